The molecule has 0 N–H and O–H groups in total. The molecule has 2 unspecified atom stereocenters. The van der Waals surface area contributed by atoms with Crippen molar-refractivity contribution in [1.82, 2.24) is 4.90 Å². The highest BCUT2D eigenvalue weighted by atomic mass is 32.2. The van der Waals surface area contributed by atoms with E-state index in [2.05, 4.69) is 0 Å². The average molecular weight is 510 g/mol. The number of methoxy groups -OCH3 is 4. The number of fused-ring (bicyclic) bond motifs is 1. The molecule has 1 aliphatic rings. The van der Waals surface area contributed by atoms with Crippen molar-refractivity contribution in [2.75, 3.05) is 40.7 Å². The summed E-state index contributed by atoms with van der Waals surface area (Å²) in [6, 6.07) is 18.5. The SMILES string of the molecule is COc1ccc(CCN2C(=O)Cc3c(ccc(OC)c3OC)C2CS(=O)c2ccccc2)cc1OC. The van der Waals surface area contributed by atoms with Crippen LogP contribution in [0.25, 0.3) is 0 Å². The van der Waals surface area contributed by atoms with E-state index in [1.165, 1.54) is 0 Å². The van der Waals surface area contributed by atoms with E-state index in [0.717, 1.165) is 21.6 Å². The minimum absolute atomic E-state index is 0.0374. The highest BCUT2D eigenvalue weighted by Gasteiger charge is 2.36. The van der Waals surface area contributed by atoms with Crippen LogP contribution in [0.2, 0.25) is 0 Å². The van der Waals surface area contributed by atoms with Crippen molar-refractivity contribution in [3.63, 3.8) is 0 Å². The van der Waals surface area contributed by atoms with Gasteiger partial charge in [-0.25, -0.2) is 0 Å². The van der Waals surface area contributed by atoms with Crippen molar-refractivity contribution < 1.29 is 28.0 Å². The normalized spacial score (nSPS) is 15.7. The Morgan fingerprint density at radius 2 is 1.56 bits per heavy atom. The van der Waals surface area contributed by atoms with Crippen molar-refractivity contribution in [3.05, 3.63) is 77.4 Å². The van der Waals surface area contributed by atoms with Crippen molar-refractivity contribution in [3.8, 4) is 23.0 Å². The first kappa shape index (κ1) is 25.6. The van der Waals surface area contributed by atoms with Crippen LogP contribution in [0.3, 0.4) is 0 Å². The van der Waals surface area contributed by atoms with Crippen LogP contribution >= 0.6 is 0 Å². The zero-order valence-corrected chi connectivity index (χ0v) is 21.8. The first-order valence-electron chi connectivity index (χ1n) is 11.7. The van der Waals surface area contributed by atoms with Gasteiger partial charge >= 0.3 is 0 Å². The molecule has 8 heteroatoms. The van der Waals surface area contributed by atoms with Crippen molar-refractivity contribution in [2.45, 2.75) is 23.8 Å². The van der Waals surface area contributed by atoms with Crippen LogP contribution in [-0.4, -0.2) is 55.8 Å². The summed E-state index contributed by atoms with van der Waals surface area (Å²) in [5, 5.41) is 0. The summed E-state index contributed by atoms with van der Waals surface area (Å²) in [6.07, 6.45) is 0.805. The van der Waals surface area contributed by atoms with Gasteiger partial charge < -0.3 is 23.8 Å². The lowest BCUT2D eigenvalue weighted by atomic mass is 9.91. The van der Waals surface area contributed by atoms with Crippen LogP contribution in [0.15, 0.2) is 65.6 Å². The van der Waals surface area contributed by atoms with E-state index in [4.69, 9.17) is 18.9 Å². The first-order chi connectivity index (χ1) is 17.5. The van der Waals surface area contributed by atoms with Gasteiger partial charge in [0.1, 0.15) is 0 Å². The molecule has 0 radical (unpaired) electrons. The molecule has 0 saturated carbocycles. The zero-order chi connectivity index (χ0) is 25.7. The van der Waals surface area contributed by atoms with Crippen LogP contribution < -0.4 is 18.9 Å². The predicted octanol–water partition coefficient (Wildman–Crippen LogP) is 4.20. The Kier molecular flexibility index (Phi) is 8.15. The quantitative estimate of drug-likeness (QED) is 0.408. The van der Waals surface area contributed by atoms with E-state index >= 15 is 0 Å². The van der Waals surface area contributed by atoms with Gasteiger partial charge in [0.15, 0.2) is 23.0 Å². The average Bonchev–Trinajstić information content (AvgIpc) is 2.92. The standard InChI is InChI=1S/C28H31NO6S/c1-32-24-12-10-19(16-26(24)34-3)14-15-29-23(18-36(31)20-8-6-5-7-9-20)21-11-13-25(33-2)28(35-4)22(21)17-27(29)30/h5-13,16,23H,14-15,17-18H2,1-4H3. The molecule has 0 saturated heterocycles. The number of hydrogen-bond donors (Lipinski definition) is 0. The molecule has 1 heterocycles. The molecule has 4 rings (SSSR count). The smallest absolute Gasteiger partial charge is 0.227 e. The van der Waals surface area contributed by atoms with E-state index in [1.54, 1.807) is 28.4 Å². The summed E-state index contributed by atoms with van der Waals surface area (Å²) in [4.78, 5) is 16.1. The van der Waals surface area contributed by atoms with Gasteiger partial charge in [-0.1, -0.05) is 30.3 Å². The minimum atomic E-state index is -1.30. The van der Waals surface area contributed by atoms with Gasteiger partial charge in [-0.05, 0) is 47.9 Å². The molecule has 0 fully saturated rings. The molecule has 0 aromatic heterocycles. The Balaban J connectivity index is 1.68. The predicted molar refractivity (Wildman–Crippen MR) is 139 cm³/mol. The Labute approximate surface area is 214 Å². The zero-order valence-electron chi connectivity index (χ0n) is 21.0. The van der Waals surface area contributed by atoms with Crippen LogP contribution in [-0.2, 0) is 28.4 Å². The van der Waals surface area contributed by atoms with Crippen molar-refractivity contribution in [1.29, 1.82) is 0 Å². The van der Waals surface area contributed by atoms with Crippen LogP contribution in [0, 0.1) is 0 Å². The monoisotopic (exact) mass is 509 g/mol. The molecule has 36 heavy (non-hydrogen) atoms. The maximum absolute atomic E-state index is 13.5. The second kappa shape index (κ2) is 11.5. The Morgan fingerprint density at radius 3 is 2.22 bits per heavy atom. The highest BCUT2D eigenvalue weighted by Crippen LogP contribution is 2.41. The summed E-state index contributed by atoms with van der Waals surface area (Å²) >= 11 is 0. The minimum Gasteiger partial charge on any atom is -0.493 e. The Bertz CT molecular complexity index is 1250. The van der Waals surface area contributed by atoms with Gasteiger partial charge in [-0.15, -0.1) is 0 Å². The molecule has 2 atom stereocenters. The van der Waals surface area contributed by atoms with Crippen LogP contribution in [0.4, 0.5) is 0 Å². The fourth-order valence-electron chi connectivity index (χ4n) is 4.65. The number of carbonyl (C=O) groups is 1. The first-order valence-corrected chi connectivity index (χ1v) is 13.0. The molecule has 0 spiro atoms. The maximum atomic E-state index is 13.5. The fraction of sp³-hybridized carbons (Fsp3) is 0.321. The lowest BCUT2D eigenvalue weighted by molar-refractivity contribution is -0.133. The fourth-order valence-corrected chi connectivity index (χ4v) is 5.95. The lowest BCUT2D eigenvalue weighted by Crippen LogP contribution is -2.43. The molecule has 0 bridgehead atoms. The summed E-state index contributed by atoms with van der Waals surface area (Å²) in [5.41, 5.74) is 2.74. The molecule has 3 aromatic carbocycles. The molecule has 1 amide bonds. The third-order valence-corrected chi connectivity index (χ3v) is 7.89. The summed E-state index contributed by atoms with van der Waals surface area (Å²) in [7, 11) is 5.05. The molecular weight excluding hydrogens is 478 g/mol. The van der Waals surface area contributed by atoms with Crippen molar-refractivity contribution >= 4 is 16.7 Å². The third-order valence-electron chi connectivity index (χ3n) is 6.47. The Hall–Kier alpha value is -3.52. The third kappa shape index (κ3) is 5.18. The number of carbonyl (C=O) groups excluding carboxylic acids is 1. The molecule has 3 aromatic rings. The molecule has 0 aliphatic carbocycles. The molecule has 1 aliphatic heterocycles. The molecule has 190 valence electrons. The van der Waals surface area contributed by atoms with Crippen LogP contribution in [0.5, 0.6) is 23.0 Å². The van der Waals surface area contributed by atoms with Gasteiger partial charge in [0, 0.05) is 17.0 Å². The van der Waals surface area contributed by atoms with E-state index < -0.39 is 10.8 Å². The highest BCUT2D eigenvalue weighted by molar-refractivity contribution is 7.85. The van der Waals surface area contributed by atoms with Gasteiger partial charge in [0.25, 0.3) is 0 Å². The Morgan fingerprint density at radius 1 is 0.861 bits per heavy atom. The van der Waals surface area contributed by atoms with Crippen LogP contribution in [0.1, 0.15) is 22.7 Å². The number of nitrogens with zero attached hydrogens (tertiary/aromatic N) is 1. The van der Waals surface area contributed by atoms with E-state index in [9.17, 15) is 9.00 Å². The maximum Gasteiger partial charge on any atom is 0.227 e. The van der Waals surface area contributed by atoms with Crippen molar-refractivity contribution in [2.24, 2.45) is 0 Å². The topological polar surface area (TPSA) is 74.3 Å². The number of amides is 1. The van der Waals surface area contributed by atoms with Gasteiger partial charge in [0.2, 0.25) is 5.91 Å². The number of ether oxygens (including phenoxy) is 4. The lowest BCUT2D eigenvalue weighted by Gasteiger charge is -2.38. The summed E-state index contributed by atoms with van der Waals surface area (Å²) in [5.74, 6) is 2.67. The molecular formula is C28H31NO6S. The summed E-state index contributed by atoms with van der Waals surface area (Å²) < 4.78 is 35.2. The van der Waals surface area contributed by atoms with E-state index in [0.29, 0.717) is 36.0 Å². The number of hydrogen-bond acceptors (Lipinski definition) is 6. The van der Waals surface area contributed by atoms with Gasteiger partial charge in [-0.3, -0.25) is 9.00 Å². The second-order valence-electron chi connectivity index (χ2n) is 8.41. The van der Waals surface area contributed by atoms with Gasteiger partial charge in [0.05, 0.1) is 57.5 Å². The van der Waals surface area contributed by atoms with E-state index in [-0.39, 0.29) is 24.1 Å². The second-order valence-corrected chi connectivity index (χ2v) is 9.91. The summed E-state index contributed by atoms with van der Waals surface area (Å²) in [6.45, 7) is 0.471. The number of benzene rings is 3. The van der Waals surface area contributed by atoms with Gasteiger partial charge in [-0.2, -0.15) is 0 Å². The number of rotatable bonds is 10. The largest absolute Gasteiger partial charge is 0.493 e. The molecule has 7 nitrogen and oxygen atoms in total. The van der Waals surface area contributed by atoms with E-state index in [1.807, 2.05) is 65.6 Å².